The number of nitrogens with one attached hydrogen (secondary N) is 1. The van der Waals surface area contributed by atoms with Gasteiger partial charge in [0.2, 0.25) is 15.9 Å². The van der Waals surface area contributed by atoms with Crippen molar-refractivity contribution in [3.8, 4) is 0 Å². The van der Waals surface area contributed by atoms with Crippen molar-refractivity contribution in [1.29, 1.82) is 0 Å². The highest BCUT2D eigenvalue weighted by Crippen LogP contribution is 2.29. The molecule has 1 aromatic carbocycles. The number of aryl methyl sites for hydroxylation is 1. The van der Waals surface area contributed by atoms with Crippen LogP contribution in [-0.2, 0) is 14.8 Å². The number of anilines is 1. The third-order valence-electron chi connectivity index (χ3n) is 3.51. The molecule has 1 fully saturated rings. The number of rotatable bonds is 2. The van der Waals surface area contributed by atoms with Gasteiger partial charge in [0, 0.05) is 13.1 Å². The zero-order chi connectivity index (χ0) is 15.1. The highest BCUT2D eigenvalue weighted by Gasteiger charge is 2.45. The molecule has 0 saturated carbocycles. The molecule has 110 valence electrons. The van der Waals surface area contributed by atoms with Gasteiger partial charge in [0.15, 0.2) is 0 Å². The average Bonchev–Trinajstić information content (AvgIpc) is 2.31. The van der Waals surface area contributed by atoms with Gasteiger partial charge in [0.25, 0.3) is 0 Å². The largest absolute Gasteiger partial charge is 0.398 e. The predicted molar refractivity (Wildman–Crippen MR) is 76.6 cm³/mol. The van der Waals surface area contributed by atoms with Crippen LogP contribution in [0, 0.1) is 6.92 Å². The Kier molecular flexibility index (Phi) is 3.51. The minimum Gasteiger partial charge on any atom is -0.398 e. The van der Waals surface area contributed by atoms with Crippen molar-refractivity contribution in [2.45, 2.75) is 31.2 Å². The van der Waals surface area contributed by atoms with Crippen molar-refractivity contribution in [2.75, 3.05) is 18.8 Å². The first kappa shape index (κ1) is 14.8. The number of nitrogens with zero attached hydrogens (tertiary/aromatic N) is 1. The van der Waals surface area contributed by atoms with Crippen LogP contribution < -0.4 is 11.1 Å². The maximum Gasteiger partial charge on any atom is 0.246 e. The Bertz CT molecular complexity index is 653. The summed E-state index contributed by atoms with van der Waals surface area (Å²) < 4.78 is 26.7. The zero-order valence-electron chi connectivity index (χ0n) is 11.8. The third kappa shape index (κ3) is 2.27. The predicted octanol–water partition coefficient (Wildman–Crippen LogP) is 0.476. The van der Waals surface area contributed by atoms with E-state index < -0.39 is 15.6 Å². The van der Waals surface area contributed by atoms with E-state index in [1.807, 2.05) is 6.92 Å². The molecule has 0 atom stereocenters. The van der Waals surface area contributed by atoms with Crippen molar-refractivity contribution < 1.29 is 13.2 Å². The number of nitrogen functional groups attached to an aromatic ring is 1. The molecule has 2 rings (SSSR count). The van der Waals surface area contributed by atoms with Crippen molar-refractivity contribution in [2.24, 2.45) is 0 Å². The Balaban J connectivity index is 2.52. The van der Waals surface area contributed by atoms with Crippen molar-refractivity contribution in [1.82, 2.24) is 9.62 Å². The SMILES string of the molecule is Cc1ccc(S(=O)(=O)N2CCNC(=O)C2(C)C)c(N)c1. The van der Waals surface area contributed by atoms with Crippen LogP contribution in [0.1, 0.15) is 19.4 Å². The van der Waals surface area contributed by atoms with Gasteiger partial charge in [-0.1, -0.05) is 6.07 Å². The van der Waals surface area contributed by atoms with Gasteiger partial charge < -0.3 is 11.1 Å². The first-order valence-electron chi connectivity index (χ1n) is 6.34. The molecule has 3 N–H and O–H groups in total. The number of sulfonamides is 1. The minimum absolute atomic E-state index is 0.0471. The molecule has 0 aromatic heterocycles. The standard InChI is InChI=1S/C13H19N3O3S/c1-9-4-5-11(10(14)8-9)20(18,19)16-7-6-15-12(17)13(16,2)3/h4-5,8H,6-7,14H2,1-3H3,(H,15,17). The zero-order valence-corrected chi connectivity index (χ0v) is 12.6. The molecule has 1 aliphatic rings. The molecule has 0 aliphatic carbocycles. The number of hydrogen-bond donors (Lipinski definition) is 2. The van der Waals surface area contributed by atoms with Crippen LogP contribution in [0.25, 0.3) is 0 Å². The monoisotopic (exact) mass is 297 g/mol. The maximum atomic E-state index is 12.7. The summed E-state index contributed by atoms with van der Waals surface area (Å²) in [5.74, 6) is -0.307. The Morgan fingerprint density at radius 3 is 2.60 bits per heavy atom. The number of benzene rings is 1. The first-order valence-corrected chi connectivity index (χ1v) is 7.78. The molecule has 0 unspecified atom stereocenters. The summed E-state index contributed by atoms with van der Waals surface area (Å²) in [6.45, 7) is 5.54. The summed E-state index contributed by atoms with van der Waals surface area (Å²) in [4.78, 5) is 11.9. The van der Waals surface area contributed by atoms with E-state index in [9.17, 15) is 13.2 Å². The van der Waals surface area contributed by atoms with Crippen LogP contribution in [0.2, 0.25) is 0 Å². The quantitative estimate of drug-likeness (QED) is 0.776. The Morgan fingerprint density at radius 1 is 1.35 bits per heavy atom. The molecule has 0 bridgehead atoms. The Labute approximate surface area is 119 Å². The number of hydrogen-bond acceptors (Lipinski definition) is 4. The van der Waals surface area contributed by atoms with E-state index in [4.69, 9.17) is 5.73 Å². The van der Waals surface area contributed by atoms with Crippen LogP contribution in [-0.4, -0.2) is 37.3 Å². The van der Waals surface area contributed by atoms with E-state index >= 15 is 0 Å². The van der Waals surface area contributed by atoms with Gasteiger partial charge in [-0.3, -0.25) is 4.79 Å². The van der Waals surface area contributed by atoms with Crippen LogP contribution in [0.5, 0.6) is 0 Å². The summed E-state index contributed by atoms with van der Waals surface area (Å²) in [7, 11) is -3.80. The Hall–Kier alpha value is -1.60. The smallest absolute Gasteiger partial charge is 0.246 e. The third-order valence-corrected chi connectivity index (χ3v) is 5.66. The number of amides is 1. The van der Waals surface area contributed by atoms with E-state index in [-0.39, 0.29) is 23.0 Å². The van der Waals surface area contributed by atoms with Gasteiger partial charge in [-0.25, -0.2) is 8.42 Å². The lowest BCUT2D eigenvalue weighted by atomic mass is 10.0. The van der Waals surface area contributed by atoms with Crippen LogP contribution >= 0.6 is 0 Å². The topological polar surface area (TPSA) is 92.5 Å². The molecular weight excluding hydrogens is 278 g/mol. The van der Waals surface area contributed by atoms with Gasteiger partial charge in [-0.2, -0.15) is 4.31 Å². The van der Waals surface area contributed by atoms with Crippen LogP contribution in [0.15, 0.2) is 23.1 Å². The number of carbonyl (C=O) groups is 1. The molecule has 1 aromatic rings. The molecule has 0 spiro atoms. The van der Waals surface area contributed by atoms with Crippen molar-refractivity contribution in [3.63, 3.8) is 0 Å². The van der Waals surface area contributed by atoms with E-state index in [2.05, 4.69) is 5.32 Å². The van der Waals surface area contributed by atoms with Gasteiger partial charge in [-0.05, 0) is 38.5 Å². The molecule has 20 heavy (non-hydrogen) atoms. The fourth-order valence-electron chi connectivity index (χ4n) is 2.32. The second-order valence-corrected chi connectivity index (χ2v) is 7.26. The van der Waals surface area contributed by atoms with Crippen LogP contribution in [0.4, 0.5) is 5.69 Å². The van der Waals surface area contributed by atoms with Gasteiger partial charge in [-0.15, -0.1) is 0 Å². The van der Waals surface area contributed by atoms with E-state index in [0.29, 0.717) is 6.54 Å². The second-order valence-electron chi connectivity index (χ2n) is 5.43. The van der Waals surface area contributed by atoms with E-state index in [1.165, 1.54) is 10.4 Å². The van der Waals surface area contributed by atoms with Gasteiger partial charge in [0.05, 0.1) is 5.69 Å². The maximum absolute atomic E-state index is 12.7. The first-order chi connectivity index (χ1) is 9.17. The summed E-state index contributed by atoms with van der Waals surface area (Å²) in [6.07, 6.45) is 0. The lowest BCUT2D eigenvalue weighted by Crippen LogP contribution is -2.63. The van der Waals surface area contributed by atoms with Crippen molar-refractivity contribution >= 4 is 21.6 Å². The second kappa shape index (κ2) is 4.75. The summed E-state index contributed by atoms with van der Waals surface area (Å²) >= 11 is 0. The van der Waals surface area contributed by atoms with Crippen molar-refractivity contribution in [3.05, 3.63) is 23.8 Å². The molecule has 1 amide bonds. The van der Waals surface area contributed by atoms with Crippen LogP contribution in [0.3, 0.4) is 0 Å². The molecule has 1 aliphatic heterocycles. The minimum atomic E-state index is -3.80. The number of piperazine rings is 1. The lowest BCUT2D eigenvalue weighted by Gasteiger charge is -2.40. The molecule has 7 heteroatoms. The highest BCUT2D eigenvalue weighted by atomic mass is 32.2. The Morgan fingerprint density at radius 2 is 2.00 bits per heavy atom. The molecule has 0 radical (unpaired) electrons. The summed E-state index contributed by atoms with van der Waals surface area (Å²) in [5, 5.41) is 2.67. The molecule has 1 heterocycles. The van der Waals surface area contributed by atoms with E-state index in [0.717, 1.165) is 5.56 Å². The molecule has 1 saturated heterocycles. The lowest BCUT2D eigenvalue weighted by molar-refractivity contribution is -0.131. The number of nitrogens with two attached hydrogens (primary N) is 1. The normalized spacial score (nSPS) is 19.6. The number of carbonyl (C=O) groups excluding carboxylic acids is 1. The molecular formula is C13H19N3O3S. The fourth-order valence-corrected chi connectivity index (χ4v) is 4.17. The van der Waals surface area contributed by atoms with E-state index in [1.54, 1.807) is 26.0 Å². The summed E-state index contributed by atoms with van der Waals surface area (Å²) in [6, 6.07) is 4.80. The van der Waals surface area contributed by atoms with Gasteiger partial charge >= 0.3 is 0 Å². The average molecular weight is 297 g/mol. The van der Waals surface area contributed by atoms with Gasteiger partial charge in [0.1, 0.15) is 10.4 Å². The highest BCUT2D eigenvalue weighted by molar-refractivity contribution is 7.89. The summed E-state index contributed by atoms with van der Waals surface area (Å²) in [5.41, 5.74) is 5.79. The molecule has 6 nitrogen and oxygen atoms in total. The fraction of sp³-hybridized carbons (Fsp3) is 0.462.